The van der Waals surface area contributed by atoms with Gasteiger partial charge in [-0.25, -0.2) is 14.2 Å². The number of carbonyl (C=O) groups is 2. The normalized spacial score (nSPS) is 11.0. The third kappa shape index (κ3) is 4.20. The number of halogens is 1. The van der Waals surface area contributed by atoms with Crippen molar-refractivity contribution in [2.75, 3.05) is 6.61 Å². The molecule has 36 heavy (non-hydrogen) atoms. The maximum absolute atomic E-state index is 13.4. The number of nitriles is 1. The highest BCUT2D eigenvalue weighted by molar-refractivity contribution is 6.10. The molecule has 5 aromatic rings. The molecule has 3 heterocycles. The topological polar surface area (TPSA) is 111 Å². The van der Waals surface area contributed by atoms with Crippen molar-refractivity contribution in [2.24, 2.45) is 0 Å². The quantitative estimate of drug-likeness (QED) is 0.230. The van der Waals surface area contributed by atoms with E-state index < -0.39 is 18.4 Å². The second-order valence-electron chi connectivity index (χ2n) is 8.17. The summed E-state index contributed by atoms with van der Waals surface area (Å²) in [5.41, 5.74) is 2.89. The number of hydrogen-bond acceptors (Lipinski definition) is 7. The van der Waals surface area contributed by atoms with Gasteiger partial charge in [0.1, 0.15) is 5.82 Å². The average molecular weight is 482 g/mol. The first kappa shape index (κ1) is 22.9. The molecule has 5 rings (SSSR count). The molecule has 8 nitrogen and oxygen atoms in total. The number of ether oxygens (including phenoxy) is 1. The Balaban J connectivity index is 1.43. The Morgan fingerprint density at radius 3 is 2.69 bits per heavy atom. The molecule has 0 saturated carbocycles. The van der Waals surface area contributed by atoms with Crippen molar-refractivity contribution < 1.29 is 23.2 Å². The maximum atomic E-state index is 13.4. The van der Waals surface area contributed by atoms with Crippen LogP contribution < -0.4 is 0 Å². The van der Waals surface area contributed by atoms with E-state index in [1.807, 2.05) is 28.8 Å². The molecule has 0 amide bonds. The second kappa shape index (κ2) is 9.43. The minimum Gasteiger partial charge on any atom is -0.454 e. The third-order valence-electron chi connectivity index (χ3n) is 5.86. The number of Topliss-reactive ketones (excluding diaryl/α,β-unsaturated/α-hetero) is 1. The first-order chi connectivity index (χ1) is 17.5. The standard InChI is InChI=1S/C27H19FN4O4/c1-16-25-20(13-22(30-26(25)36-31-16)17-7-9-18(28)10-8-17)27(34)35-15-24(33)21-14-32(12-4-11-29)23-6-3-2-5-19(21)23/h2-3,5-10,13-14H,4,12,15H2,1H3. The number of nitrogens with zero attached hydrogens (tertiary/aromatic N) is 4. The van der Waals surface area contributed by atoms with Crippen LogP contribution in [0.3, 0.4) is 0 Å². The Kier molecular flexibility index (Phi) is 6.00. The van der Waals surface area contributed by atoms with Gasteiger partial charge in [-0.05, 0) is 43.3 Å². The number of carbonyl (C=O) groups excluding carboxylic acids is 2. The summed E-state index contributed by atoms with van der Waals surface area (Å²) >= 11 is 0. The fourth-order valence-corrected chi connectivity index (χ4v) is 4.14. The summed E-state index contributed by atoms with van der Waals surface area (Å²) in [6.07, 6.45) is 1.98. The van der Waals surface area contributed by atoms with Crippen LogP contribution in [0.4, 0.5) is 4.39 Å². The molecule has 3 aromatic heterocycles. The Morgan fingerprint density at radius 2 is 1.92 bits per heavy atom. The van der Waals surface area contributed by atoms with Crippen molar-refractivity contribution >= 4 is 33.8 Å². The smallest absolute Gasteiger partial charge is 0.339 e. The molecule has 0 fully saturated rings. The van der Waals surface area contributed by atoms with Crippen molar-refractivity contribution in [2.45, 2.75) is 19.9 Å². The van der Waals surface area contributed by atoms with Crippen LogP contribution in [0.1, 0.15) is 32.8 Å². The SMILES string of the molecule is Cc1noc2nc(-c3ccc(F)cc3)cc(C(=O)OCC(=O)c3cn(CCC#N)c4ccccc34)c12. The first-order valence-corrected chi connectivity index (χ1v) is 11.1. The average Bonchev–Trinajstić information content (AvgIpc) is 3.46. The molecule has 0 aliphatic carbocycles. The van der Waals surface area contributed by atoms with Gasteiger partial charge in [0.25, 0.3) is 5.71 Å². The second-order valence-corrected chi connectivity index (χ2v) is 8.17. The minimum atomic E-state index is -0.737. The Hall–Kier alpha value is -4.84. The molecular weight excluding hydrogens is 463 g/mol. The zero-order valence-corrected chi connectivity index (χ0v) is 19.2. The molecular formula is C27H19FN4O4. The van der Waals surface area contributed by atoms with Gasteiger partial charge in [0.15, 0.2) is 6.61 Å². The largest absolute Gasteiger partial charge is 0.454 e. The monoisotopic (exact) mass is 482 g/mol. The molecule has 0 spiro atoms. The van der Waals surface area contributed by atoms with E-state index in [2.05, 4.69) is 16.2 Å². The van der Waals surface area contributed by atoms with Gasteiger partial charge < -0.3 is 13.8 Å². The van der Waals surface area contributed by atoms with Gasteiger partial charge in [-0.3, -0.25) is 4.79 Å². The summed E-state index contributed by atoms with van der Waals surface area (Å²) in [6.45, 7) is 1.63. The fourth-order valence-electron chi connectivity index (χ4n) is 4.14. The van der Waals surface area contributed by atoms with E-state index >= 15 is 0 Å². The lowest BCUT2D eigenvalue weighted by Gasteiger charge is -2.07. The molecule has 178 valence electrons. The molecule has 0 atom stereocenters. The molecule has 0 radical (unpaired) electrons. The highest BCUT2D eigenvalue weighted by Crippen LogP contribution is 2.28. The number of aromatic nitrogens is 3. The van der Waals surface area contributed by atoms with Crippen LogP contribution in [0.5, 0.6) is 0 Å². The van der Waals surface area contributed by atoms with E-state index in [4.69, 9.17) is 14.5 Å². The summed E-state index contributed by atoms with van der Waals surface area (Å²) in [7, 11) is 0. The van der Waals surface area contributed by atoms with E-state index in [1.54, 1.807) is 13.1 Å². The summed E-state index contributed by atoms with van der Waals surface area (Å²) < 4.78 is 25.9. The third-order valence-corrected chi connectivity index (χ3v) is 5.86. The number of rotatable bonds is 7. The molecule has 0 saturated heterocycles. The summed E-state index contributed by atoms with van der Waals surface area (Å²) in [6, 6.07) is 16.6. The number of esters is 1. The van der Waals surface area contributed by atoms with Gasteiger partial charge in [-0.15, -0.1) is 0 Å². The van der Waals surface area contributed by atoms with Crippen molar-refractivity contribution in [3.05, 3.63) is 83.4 Å². The number of para-hydroxylation sites is 1. The number of pyridine rings is 1. The van der Waals surface area contributed by atoms with Crippen molar-refractivity contribution in [3.8, 4) is 17.3 Å². The van der Waals surface area contributed by atoms with Gasteiger partial charge >= 0.3 is 5.97 Å². The van der Waals surface area contributed by atoms with E-state index in [-0.39, 0.29) is 17.1 Å². The Bertz CT molecular complexity index is 1660. The van der Waals surface area contributed by atoms with Crippen LogP contribution in [0, 0.1) is 24.1 Å². The predicted molar refractivity (Wildman–Crippen MR) is 129 cm³/mol. The highest BCUT2D eigenvalue weighted by Gasteiger charge is 2.22. The zero-order valence-electron chi connectivity index (χ0n) is 19.2. The maximum Gasteiger partial charge on any atom is 0.339 e. The van der Waals surface area contributed by atoms with Crippen LogP contribution in [-0.2, 0) is 11.3 Å². The van der Waals surface area contributed by atoms with E-state index in [0.29, 0.717) is 40.9 Å². The lowest BCUT2D eigenvalue weighted by Crippen LogP contribution is -2.15. The number of ketones is 1. The molecule has 0 unspecified atom stereocenters. The van der Waals surface area contributed by atoms with E-state index in [9.17, 15) is 14.0 Å². The zero-order chi connectivity index (χ0) is 25.2. The lowest BCUT2D eigenvalue weighted by atomic mass is 10.1. The molecule has 0 aliphatic rings. The molecule has 9 heteroatoms. The van der Waals surface area contributed by atoms with Gasteiger partial charge in [0, 0.05) is 34.8 Å². The molecule has 0 aliphatic heterocycles. The van der Waals surface area contributed by atoms with Gasteiger partial charge in [0.2, 0.25) is 5.78 Å². The summed E-state index contributed by atoms with van der Waals surface area (Å²) in [4.78, 5) is 30.6. The van der Waals surface area contributed by atoms with Crippen LogP contribution in [0.15, 0.2) is 65.3 Å². The van der Waals surface area contributed by atoms with Crippen LogP contribution in [-0.4, -0.2) is 33.1 Å². The molecule has 0 bridgehead atoms. The lowest BCUT2D eigenvalue weighted by molar-refractivity contribution is 0.0477. The Labute approximate surface area is 204 Å². The van der Waals surface area contributed by atoms with Gasteiger partial charge in [-0.1, -0.05) is 23.4 Å². The van der Waals surface area contributed by atoms with E-state index in [0.717, 1.165) is 10.9 Å². The Morgan fingerprint density at radius 1 is 1.14 bits per heavy atom. The fraction of sp³-hybridized carbons (Fsp3) is 0.148. The minimum absolute atomic E-state index is 0.133. The number of fused-ring (bicyclic) bond motifs is 2. The van der Waals surface area contributed by atoms with Crippen molar-refractivity contribution in [1.29, 1.82) is 5.26 Å². The highest BCUT2D eigenvalue weighted by atomic mass is 19.1. The molecule has 2 aromatic carbocycles. The van der Waals surface area contributed by atoms with Crippen LogP contribution in [0.25, 0.3) is 33.3 Å². The van der Waals surface area contributed by atoms with Gasteiger partial charge in [-0.2, -0.15) is 5.26 Å². The molecule has 0 N–H and O–H groups in total. The predicted octanol–water partition coefficient (Wildman–Crippen LogP) is 5.25. The number of hydrogen-bond donors (Lipinski definition) is 0. The number of benzene rings is 2. The van der Waals surface area contributed by atoms with Gasteiger partial charge in [0.05, 0.1) is 34.8 Å². The van der Waals surface area contributed by atoms with Crippen LogP contribution in [0.2, 0.25) is 0 Å². The number of aryl methyl sites for hydroxylation is 2. The summed E-state index contributed by atoms with van der Waals surface area (Å²) in [5.74, 6) is -1.51. The van der Waals surface area contributed by atoms with Crippen molar-refractivity contribution in [3.63, 3.8) is 0 Å². The van der Waals surface area contributed by atoms with Crippen LogP contribution >= 0.6 is 0 Å². The summed E-state index contributed by atoms with van der Waals surface area (Å²) in [5, 5.41) is 13.9. The first-order valence-electron chi connectivity index (χ1n) is 11.1. The van der Waals surface area contributed by atoms with Crippen molar-refractivity contribution in [1.82, 2.24) is 14.7 Å². The van der Waals surface area contributed by atoms with E-state index in [1.165, 1.54) is 30.3 Å².